The monoisotopic (exact) mass is 439 g/mol. The summed E-state index contributed by atoms with van der Waals surface area (Å²) in [5, 5.41) is 7.46. The van der Waals surface area contributed by atoms with Crippen LogP contribution in [-0.2, 0) is 10.0 Å². The van der Waals surface area contributed by atoms with Gasteiger partial charge in [-0.1, -0.05) is 36.4 Å². The molecular weight excluding hydrogens is 414 g/mol. The molecule has 0 unspecified atom stereocenters. The molecular formula is C22H25N5O3S. The molecule has 1 aliphatic rings. The van der Waals surface area contributed by atoms with Gasteiger partial charge < -0.3 is 10.2 Å². The summed E-state index contributed by atoms with van der Waals surface area (Å²) in [6.45, 7) is 1.30. The zero-order valence-corrected chi connectivity index (χ0v) is 18.6. The maximum Gasteiger partial charge on any atom is 0.274 e. The van der Waals surface area contributed by atoms with Gasteiger partial charge in [-0.3, -0.25) is 9.10 Å². The zero-order valence-electron chi connectivity index (χ0n) is 17.7. The van der Waals surface area contributed by atoms with Crippen LogP contribution in [-0.4, -0.2) is 63.2 Å². The number of benzene rings is 2. The molecule has 2 heterocycles. The van der Waals surface area contributed by atoms with Crippen molar-refractivity contribution in [2.75, 3.05) is 38.5 Å². The Morgan fingerprint density at radius 2 is 1.74 bits per heavy atom. The van der Waals surface area contributed by atoms with E-state index in [1.54, 1.807) is 28.9 Å². The fourth-order valence-corrected chi connectivity index (χ4v) is 5.10. The molecule has 1 aliphatic heterocycles. The molecule has 0 radical (unpaired) electrons. The third kappa shape index (κ3) is 3.70. The first kappa shape index (κ1) is 21.1. The first-order valence-electron chi connectivity index (χ1n) is 10.0. The second-order valence-corrected chi connectivity index (χ2v) is 9.61. The van der Waals surface area contributed by atoms with Gasteiger partial charge in [-0.15, -0.1) is 0 Å². The van der Waals surface area contributed by atoms with Crippen molar-refractivity contribution >= 4 is 21.6 Å². The molecule has 1 aromatic heterocycles. The third-order valence-corrected chi connectivity index (χ3v) is 7.05. The van der Waals surface area contributed by atoms with Crippen LogP contribution < -0.4 is 9.62 Å². The molecule has 0 atom stereocenters. The van der Waals surface area contributed by atoms with Crippen molar-refractivity contribution in [2.45, 2.75) is 11.3 Å². The summed E-state index contributed by atoms with van der Waals surface area (Å²) in [6, 6.07) is 16.2. The molecule has 162 valence electrons. The molecule has 2 aromatic carbocycles. The van der Waals surface area contributed by atoms with E-state index >= 15 is 0 Å². The second kappa shape index (κ2) is 8.16. The lowest BCUT2D eigenvalue weighted by Gasteiger charge is -2.27. The average molecular weight is 440 g/mol. The normalized spacial score (nSPS) is 14.3. The molecule has 1 amide bonds. The predicted molar refractivity (Wildman–Crippen MR) is 120 cm³/mol. The molecule has 31 heavy (non-hydrogen) atoms. The fraction of sp³-hybridized carbons (Fsp3) is 0.273. The Morgan fingerprint density at radius 1 is 1.06 bits per heavy atom. The zero-order chi connectivity index (χ0) is 22.2. The average Bonchev–Trinajstić information content (AvgIpc) is 3.16. The highest BCUT2D eigenvalue weighted by Gasteiger charge is 2.39. The van der Waals surface area contributed by atoms with Gasteiger partial charge in [0.15, 0.2) is 5.69 Å². The SMILES string of the molecule is CN(C)CCCNC(=O)c1nn(-c2ccccc2)c2c1N(C)S(=O)(=O)c1ccccc1-2. The topological polar surface area (TPSA) is 87.5 Å². The van der Waals surface area contributed by atoms with E-state index in [0.29, 0.717) is 17.8 Å². The number of aromatic nitrogens is 2. The maximum atomic E-state index is 13.2. The summed E-state index contributed by atoms with van der Waals surface area (Å²) in [5.74, 6) is -0.397. The van der Waals surface area contributed by atoms with Gasteiger partial charge in [0.2, 0.25) is 0 Å². The summed E-state index contributed by atoms with van der Waals surface area (Å²) in [5.41, 5.74) is 2.22. The van der Waals surface area contributed by atoms with Crippen molar-refractivity contribution < 1.29 is 13.2 Å². The summed E-state index contributed by atoms with van der Waals surface area (Å²) in [7, 11) is 1.60. The van der Waals surface area contributed by atoms with E-state index in [-0.39, 0.29) is 16.3 Å². The molecule has 8 nitrogen and oxygen atoms in total. The number of anilines is 1. The van der Waals surface area contributed by atoms with Crippen molar-refractivity contribution in [3.63, 3.8) is 0 Å². The van der Waals surface area contributed by atoms with Gasteiger partial charge in [-0.25, -0.2) is 13.1 Å². The first-order chi connectivity index (χ1) is 14.8. The van der Waals surface area contributed by atoms with Crippen LogP contribution in [0.4, 0.5) is 5.69 Å². The van der Waals surface area contributed by atoms with Crippen molar-refractivity contribution in [1.29, 1.82) is 0 Å². The number of para-hydroxylation sites is 1. The summed E-state index contributed by atoms with van der Waals surface area (Å²) < 4.78 is 29.2. The van der Waals surface area contributed by atoms with Gasteiger partial charge in [0.05, 0.1) is 10.6 Å². The lowest BCUT2D eigenvalue weighted by atomic mass is 10.1. The second-order valence-electron chi connectivity index (χ2n) is 7.67. The molecule has 9 heteroatoms. The summed E-state index contributed by atoms with van der Waals surface area (Å²) >= 11 is 0. The van der Waals surface area contributed by atoms with Crippen molar-refractivity contribution in [2.24, 2.45) is 0 Å². The van der Waals surface area contributed by atoms with Crippen molar-refractivity contribution in [3.8, 4) is 16.9 Å². The van der Waals surface area contributed by atoms with Crippen molar-refractivity contribution in [3.05, 3.63) is 60.3 Å². The van der Waals surface area contributed by atoms with Crippen LogP contribution in [0.2, 0.25) is 0 Å². The van der Waals surface area contributed by atoms with Crippen LogP contribution in [0.3, 0.4) is 0 Å². The third-order valence-electron chi connectivity index (χ3n) is 5.24. The van der Waals surface area contributed by atoms with E-state index in [1.807, 2.05) is 49.3 Å². The Balaban J connectivity index is 1.86. The molecule has 0 saturated carbocycles. The van der Waals surface area contributed by atoms with Gasteiger partial charge in [0.1, 0.15) is 11.4 Å². The number of carbonyl (C=O) groups excluding carboxylic acids is 1. The van der Waals surface area contributed by atoms with E-state index in [2.05, 4.69) is 10.4 Å². The Morgan fingerprint density at radius 3 is 2.45 bits per heavy atom. The van der Waals surface area contributed by atoms with E-state index in [4.69, 9.17) is 0 Å². The van der Waals surface area contributed by atoms with Gasteiger partial charge in [0, 0.05) is 19.2 Å². The number of sulfonamides is 1. The van der Waals surface area contributed by atoms with Crippen molar-refractivity contribution in [1.82, 2.24) is 20.0 Å². The number of nitrogens with one attached hydrogen (secondary N) is 1. The quantitative estimate of drug-likeness (QED) is 0.596. The van der Waals surface area contributed by atoms with E-state index in [1.165, 1.54) is 7.05 Å². The maximum absolute atomic E-state index is 13.2. The van der Waals surface area contributed by atoms with Crippen LogP contribution in [0.5, 0.6) is 0 Å². The highest BCUT2D eigenvalue weighted by molar-refractivity contribution is 7.93. The standard InChI is InChI=1S/C22H25N5O3S/c1-25(2)15-9-14-23-22(28)19-21-20(27(24-19)16-10-5-4-6-11-16)17-12-7-8-13-18(17)31(29,30)26(21)3/h4-8,10-13H,9,14-15H2,1-3H3,(H,23,28). The fourth-order valence-electron chi connectivity index (χ4n) is 3.69. The van der Waals surface area contributed by atoms with Crippen LogP contribution >= 0.6 is 0 Å². The Hall–Kier alpha value is -3.17. The summed E-state index contributed by atoms with van der Waals surface area (Å²) in [6.07, 6.45) is 0.775. The van der Waals surface area contributed by atoms with Gasteiger partial charge in [-0.05, 0) is 45.3 Å². The van der Waals surface area contributed by atoms with E-state index < -0.39 is 15.9 Å². The summed E-state index contributed by atoms with van der Waals surface area (Å²) in [4.78, 5) is 15.3. The van der Waals surface area contributed by atoms with Gasteiger partial charge in [-0.2, -0.15) is 5.10 Å². The lowest BCUT2D eigenvalue weighted by molar-refractivity contribution is 0.0947. The molecule has 3 aromatic rings. The largest absolute Gasteiger partial charge is 0.351 e. The van der Waals surface area contributed by atoms with Crippen LogP contribution in [0.1, 0.15) is 16.9 Å². The van der Waals surface area contributed by atoms with Crippen LogP contribution in [0, 0.1) is 0 Å². The molecule has 0 saturated heterocycles. The first-order valence-corrected chi connectivity index (χ1v) is 11.5. The Labute approximate surface area is 182 Å². The van der Waals surface area contributed by atoms with Crippen LogP contribution in [0.25, 0.3) is 16.9 Å². The van der Waals surface area contributed by atoms with Gasteiger partial charge in [0.25, 0.3) is 15.9 Å². The number of rotatable bonds is 6. The molecule has 4 rings (SSSR count). The molecule has 0 aliphatic carbocycles. The number of carbonyl (C=O) groups is 1. The minimum atomic E-state index is -3.80. The van der Waals surface area contributed by atoms with E-state index in [0.717, 1.165) is 23.0 Å². The number of fused-ring (bicyclic) bond motifs is 3. The number of amides is 1. The van der Waals surface area contributed by atoms with E-state index in [9.17, 15) is 13.2 Å². The Kier molecular flexibility index (Phi) is 5.55. The molecule has 0 fully saturated rings. The smallest absolute Gasteiger partial charge is 0.274 e. The minimum absolute atomic E-state index is 0.0873. The van der Waals surface area contributed by atoms with Gasteiger partial charge >= 0.3 is 0 Å². The number of hydrogen-bond donors (Lipinski definition) is 1. The molecule has 1 N–H and O–H groups in total. The predicted octanol–water partition coefficient (Wildman–Crippen LogP) is 2.36. The molecule has 0 bridgehead atoms. The van der Waals surface area contributed by atoms with Crippen LogP contribution in [0.15, 0.2) is 59.5 Å². The highest BCUT2D eigenvalue weighted by atomic mass is 32.2. The Bertz CT molecular complexity index is 1220. The number of nitrogens with zero attached hydrogens (tertiary/aromatic N) is 4. The highest BCUT2D eigenvalue weighted by Crippen LogP contribution is 2.45. The lowest BCUT2D eigenvalue weighted by Crippen LogP contribution is -2.33. The minimum Gasteiger partial charge on any atom is -0.351 e. The molecule has 0 spiro atoms. The number of hydrogen-bond acceptors (Lipinski definition) is 5.